The van der Waals surface area contributed by atoms with Gasteiger partial charge in [0.15, 0.2) is 0 Å². The van der Waals surface area contributed by atoms with Gasteiger partial charge < -0.3 is 19.5 Å². The van der Waals surface area contributed by atoms with E-state index >= 15 is 0 Å². The van der Waals surface area contributed by atoms with Crippen LogP contribution in [0.5, 0.6) is 0 Å². The number of nitrogens with zero attached hydrogens (tertiary/aromatic N) is 3. The number of hydrogen-bond acceptors (Lipinski definition) is 3. The fourth-order valence-electron chi connectivity index (χ4n) is 5.99. The highest BCUT2D eigenvalue weighted by Gasteiger charge is 2.21. The highest BCUT2D eigenvalue weighted by molar-refractivity contribution is 6.76. The molecule has 2 amide bonds. The van der Waals surface area contributed by atoms with Gasteiger partial charge >= 0.3 is 6.03 Å². The first kappa shape index (κ1) is 39.0. The van der Waals surface area contributed by atoms with E-state index < -0.39 is 19.7 Å². The van der Waals surface area contributed by atoms with Crippen LogP contribution in [-0.4, -0.2) is 48.3 Å². The summed E-state index contributed by atoms with van der Waals surface area (Å²) in [6.45, 7) is 11.7. The van der Waals surface area contributed by atoms with E-state index in [2.05, 4.69) is 85.0 Å². The number of rotatable bonds is 21. The van der Waals surface area contributed by atoms with Crippen molar-refractivity contribution in [3.8, 4) is 22.5 Å². The predicted molar refractivity (Wildman–Crippen MR) is 205 cm³/mol. The van der Waals surface area contributed by atoms with Gasteiger partial charge in [0.25, 0.3) is 0 Å². The lowest BCUT2D eigenvalue weighted by Crippen LogP contribution is -2.36. The van der Waals surface area contributed by atoms with Crippen molar-refractivity contribution in [2.75, 3.05) is 25.0 Å². The van der Waals surface area contributed by atoms with Crippen molar-refractivity contribution in [2.45, 2.75) is 104 Å². The number of anilines is 1. The van der Waals surface area contributed by atoms with Crippen LogP contribution >= 0.6 is 0 Å². The van der Waals surface area contributed by atoms with Crippen LogP contribution < -0.4 is 5.32 Å². The molecule has 0 saturated carbocycles. The quantitative estimate of drug-likeness (QED) is 0.0694. The SMILES string of the molecule is CCCCCCCN(CCCCCCc1nc(-c2ccccc2)c(-c2ccccc2)n1COCC[Si](C)(C)C)C(=O)Nc1ccc(F)cc1F. The van der Waals surface area contributed by atoms with Crippen LogP contribution in [0.4, 0.5) is 19.3 Å². The molecule has 3 aromatic carbocycles. The lowest BCUT2D eigenvalue weighted by molar-refractivity contribution is 0.0861. The first-order valence-corrected chi connectivity index (χ1v) is 22.2. The van der Waals surface area contributed by atoms with Crippen LogP contribution in [0.2, 0.25) is 25.7 Å². The van der Waals surface area contributed by atoms with Crippen LogP contribution in [0.25, 0.3) is 22.5 Å². The Morgan fingerprint density at radius 3 is 2.06 bits per heavy atom. The topological polar surface area (TPSA) is 59.4 Å². The number of ether oxygens (including phenoxy) is 1. The van der Waals surface area contributed by atoms with E-state index in [0.29, 0.717) is 19.8 Å². The lowest BCUT2D eigenvalue weighted by atomic mass is 10.0. The first-order valence-electron chi connectivity index (χ1n) is 18.4. The molecule has 0 bridgehead atoms. The highest BCUT2D eigenvalue weighted by Crippen LogP contribution is 2.33. The summed E-state index contributed by atoms with van der Waals surface area (Å²) in [5.41, 5.74) is 4.25. The monoisotopic (exact) mass is 702 g/mol. The van der Waals surface area contributed by atoms with Crippen molar-refractivity contribution in [1.29, 1.82) is 0 Å². The fourth-order valence-corrected chi connectivity index (χ4v) is 6.75. The smallest absolute Gasteiger partial charge is 0.321 e. The summed E-state index contributed by atoms with van der Waals surface area (Å²) in [7, 11) is -1.23. The molecule has 0 radical (unpaired) electrons. The molecule has 6 nitrogen and oxygen atoms in total. The molecular weight excluding hydrogens is 647 g/mol. The van der Waals surface area contributed by atoms with Crippen molar-refractivity contribution in [3.63, 3.8) is 0 Å². The van der Waals surface area contributed by atoms with Gasteiger partial charge in [0, 0.05) is 51.4 Å². The molecule has 0 unspecified atom stereocenters. The molecule has 270 valence electrons. The number of hydrogen-bond donors (Lipinski definition) is 1. The van der Waals surface area contributed by atoms with E-state index in [1.165, 1.54) is 12.5 Å². The van der Waals surface area contributed by atoms with Crippen molar-refractivity contribution in [1.82, 2.24) is 14.5 Å². The molecule has 0 aliphatic rings. The van der Waals surface area contributed by atoms with E-state index in [1.807, 2.05) is 12.1 Å². The standard InChI is InChI=1S/C41H56F2N4O2Si/c1-5-6-7-9-18-27-46(41(48)44-37-26-25-35(42)31-36(37)43)28-19-10-8-17-24-38-45-39(33-20-13-11-14-21-33)40(34-22-15-12-16-23-34)47(38)32-49-29-30-50(2,3)4/h11-16,20-23,25-26,31H,5-10,17-19,24,27-30,32H2,1-4H3,(H,44,48). The maximum absolute atomic E-state index is 14.3. The molecule has 50 heavy (non-hydrogen) atoms. The summed E-state index contributed by atoms with van der Waals surface area (Å²) in [5, 5.41) is 2.66. The van der Waals surface area contributed by atoms with Crippen LogP contribution in [0.1, 0.15) is 70.5 Å². The third kappa shape index (κ3) is 12.5. The Bertz CT molecular complexity index is 1590. The number of carbonyl (C=O) groups is 1. The van der Waals surface area contributed by atoms with Crippen molar-refractivity contribution >= 4 is 19.8 Å². The third-order valence-corrected chi connectivity index (χ3v) is 10.6. The first-order chi connectivity index (χ1) is 24.2. The van der Waals surface area contributed by atoms with Gasteiger partial charge in [-0.1, -0.05) is 126 Å². The minimum atomic E-state index is -1.23. The fraction of sp³-hybridized carbons (Fsp3) is 0.463. The zero-order valence-electron chi connectivity index (χ0n) is 30.5. The maximum Gasteiger partial charge on any atom is 0.321 e. The molecule has 9 heteroatoms. The van der Waals surface area contributed by atoms with E-state index in [1.54, 1.807) is 4.90 Å². The van der Waals surface area contributed by atoms with E-state index in [0.717, 1.165) is 111 Å². The average Bonchev–Trinajstić information content (AvgIpc) is 3.46. The second-order valence-electron chi connectivity index (χ2n) is 14.4. The third-order valence-electron chi connectivity index (χ3n) is 8.93. The number of aryl methyl sites for hydroxylation is 1. The average molecular weight is 703 g/mol. The Morgan fingerprint density at radius 2 is 1.44 bits per heavy atom. The number of unbranched alkanes of at least 4 members (excludes halogenated alkanes) is 7. The summed E-state index contributed by atoms with van der Waals surface area (Å²) in [6.07, 6.45) is 9.97. The Labute approximate surface area is 299 Å². The molecule has 1 aromatic heterocycles. The Morgan fingerprint density at radius 1 is 0.820 bits per heavy atom. The molecule has 1 N–H and O–H groups in total. The van der Waals surface area contributed by atoms with Gasteiger partial charge in [0.2, 0.25) is 0 Å². The number of nitrogens with one attached hydrogen (secondary N) is 1. The molecular formula is C41H56F2N4O2Si. The Hall–Kier alpha value is -3.82. The number of aromatic nitrogens is 2. The Kier molecular flexibility index (Phi) is 15.7. The van der Waals surface area contributed by atoms with Crippen molar-refractivity contribution in [2.24, 2.45) is 0 Å². The molecule has 0 aliphatic carbocycles. The molecule has 1 heterocycles. The van der Waals surface area contributed by atoms with E-state index in [-0.39, 0.29) is 11.7 Å². The predicted octanol–water partition coefficient (Wildman–Crippen LogP) is 11.4. The van der Waals surface area contributed by atoms with Gasteiger partial charge in [-0.2, -0.15) is 0 Å². The summed E-state index contributed by atoms with van der Waals surface area (Å²) in [6, 6.07) is 24.8. The number of benzene rings is 3. The van der Waals surface area contributed by atoms with Crippen molar-refractivity contribution < 1.29 is 18.3 Å². The maximum atomic E-state index is 14.3. The van der Waals surface area contributed by atoms with E-state index in [9.17, 15) is 13.6 Å². The molecule has 4 rings (SSSR count). The van der Waals surface area contributed by atoms with Crippen molar-refractivity contribution in [3.05, 3.63) is 96.3 Å². The van der Waals surface area contributed by atoms with E-state index in [4.69, 9.17) is 9.72 Å². The number of carbonyl (C=O) groups excluding carboxylic acids is 1. The van der Waals surface area contributed by atoms with Crippen LogP contribution in [0, 0.1) is 11.6 Å². The zero-order chi connectivity index (χ0) is 35.8. The highest BCUT2D eigenvalue weighted by atomic mass is 28.3. The molecule has 0 fully saturated rings. The molecule has 0 saturated heterocycles. The van der Waals surface area contributed by atoms with Gasteiger partial charge in [-0.15, -0.1) is 0 Å². The molecule has 0 atom stereocenters. The molecule has 0 spiro atoms. The summed E-state index contributed by atoms with van der Waals surface area (Å²) < 4.78 is 36.3. The van der Waals surface area contributed by atoms with Gasteiger partial charge in [0.1, 0.15) is 24.2 Å². The number of halogens is 2. The zero-order valence-corrected chi connectivity index (χ0v) is 31.5. The van der Waals surface area contributed by atoms with Gasteiger partial charge in [-0.05, 0) is 37.4 Å². The molecule has 4 aromatic rings. The lowest BCUT2D eigenvalue weighted by Gasteiger charge is -2.23. The normalized spacial score (nSPS) is 11.6. The summed E-state index contributed by atoms with van der Waals surface area (Å²) in [5.74, 6) is -0.421. The molecule has 0 aliphatic heterocycles. The minimum absolute atomic E-state index is 0.00269. The second kappa shape index (κ2) is 20.1. The second-order valence-corrected chi connectivity index (χ2v) is 20.0. The summed E-state index contributed by atoms with van der Waals surface area (Å²) >= 11 is 0. The van der Waals surface area contributed by atoms with Gasteiger partial charge in [0.05, 0.1) is 17.1 Å². The Balaban J connectivity index is 1.41. The van der Waals surface area contributed by atoms with Crippen LogP contribution in [0.3, 0.4) is 0 Å². The van der Waals surface area contributed by atoms with Gasteiger partial charge in [-0.25, -0.2) is 18.6 Å². The number of imidazole rings is 1. The number of amides is 2. The summed E-state index contributed by atoms with van der Waals surface area (Å²) in [4.78, 5) is 20.2. The van der Waals surface area contributed by atoms with Crippen LogP contribution in [-0.2, 0) is 17.9 Å². The minimum Gasteiger partial charge on any atom is -0.361 e. The largest absolute Gasteiger partial charge is 0.361 e. The van der Waals surface area contributed by atoms with Crippen LogP contribution in [0.15, 0.2) is 78.9 Å². The number of urea groups is 1. The van der Waals surface area contributed by atoms with Gasteiger partial charge in [-0.3, -0.25) is 0 Å².